The molecular weight excluding hydrogens is 306 g/mol. The van der Waals surface area contributed by atoms with E-state index in [0.29, 0.717) is 18.1 Å². The molecule has 0 aliphatic carbocycles. The van der Waals surface area contributed by atoms with Gasteiger partial charge in [-0.2, -0.15) is 0 Å². The Hall–Kier alpha value is -2.50. The zero-order chi connectivity index (χ0) is 17.7. The summed E-state index contributed by atoms with van der Waals surface area (Å²) in [6, 6.07) is 5.62. The van der Waals surface area contributed by atoms with Crippen LogP contribution in [0.15, 0.2) is 28.8 Å². The van der Waals surface area contributed by atoms with Gasteiger partial charge in [0, 0.05) is 17.8 Å². The summed E-state index contributed by atoms with van der Waals surface area (Å²) in [5, 5.41) is 6.02. The number of hydrogen-bond donors (Lipinski definition) is 2. The first-order chi connectivity index (χ1) is 11.3. The van der Waals surface area contributed by atoms with Crippen LogP contribution in [0.1, 0.15) is 44.9 Å². The Labute approximate surface area is 142 Å². The first-order valence-corrected chi connectivity index (χ1v) is 8.05. The zero-order valence-electron chi connectivity index (χ0n) is 14.9. The van der Waals surface area contributed by atoms with E-state index in [9.17, 15) is 4.79 Å². The van der Waals surface area contributed by atoms with Crippen LogP contribution in [-0.4, -0.2) is 16.7 Å². The lowest BCUT2D eigenvalue weighted by Crippen LogP contribution is -2.27. The van der Waals surface area contributed by atoms with Crippen molar-refractivity contribution < 1.29 is 13.9 Å². The second-order valence-electron chi connectivity index (χ2n) is 6.58. The smallest absolute Gasteiger partial charge is 0.412 e. The second kappa shape index (κ2) is 7.38. The van der Waals surface area contributed by atoms with Gasteiger partial charge in [-0.1, -0.05) is 6.92 Å². The average Bonchev–Trinajstić information content (AvgIpc) is 2.92. The SMILES string of the molecule is CCc1cnc(CNc2ccc(NC(=O)OC(C)(C)C)cc2C)o1. The number of ether oxygens (including phenoxy) is 1. The molecule has 6 nitrogen and oxygen atoms in total. The molecule has 0 atom stereocenters. The highest BCUT2D eigenvalue weighted by Crippen LogP contribution is 2.21. The summed E-state index contributed by atoms with van der Waals surface area (Å²) in [7, 11) is 0. The predicted molar refractivity (Wildman–Crippen MR) is 94.2 cm³/mol. The summed E-state index contributed by atoms with van der Waals surface area (Å²) in [4.78, 5) is 16.0. The molecule has 6 heteroatoms. The molecule has 0 spiro atoms. The Kier molecular flexibility index (Phi) is 5.49. The molecule has 1 heterocycles. The quantitative estimate of drug-likeness (QED) is 0.843. The minimum atomic E-state index is -0.520. The van der Waals surface area contributed by atoms with E-state index >= 15 is 0 Å². The summed E-state index contributed by atoms with van der Waals surface area (Å²) in [5.74, 6) is 1.53. The average molecular weight is 331 g/mol. The van der Waals surface area contributed by atoms with E-state index < -0.39 is 11.7 Å². The number of benzene rings is 1. The van der Waals surface area contributed by atoms with Crippen molar-refractivity contribution >= 4 is 17.5 Å². The molecule has 24 heavy (non-hydrogen) atoms. The maximum absolute atomic E-state index is 11.8. The maximum atomic E-state index is 11.8. The molecule has 0 unspecified atom stereocenters. The number of hydrogen-bond acceptors (Lipinski definition) is 5. The van der Waals surface area contributed by atoms with Gasteiger partial charge in [0.1, 0.15) is 11.4 Å². The van der Waals surface area contributed by atoms with E-state index in [-0.39, 0.29) is 0 Å². The molecule has 0 fully saturated rings. The van der Waals surface area contributed by atoms with Crippen LogP contribution in [-0.2, 0) is 17.7 Å². The number of carbonyl (C=O) groups excluding carboxylic acids is 1. The molecule has 0 saturated heterocycles. The Balaban J connectivity index is 1.95. The highest BCUT2D eigenvalue weighted by atomic mass is 16.6. The minimum absolute atomic E-state index is 0.463. The van der Waals surface area contributed by atoms with Gasteiger partial charge in [0.2, 0.25) is 5.89 Å². The van der Waals surface area contributed by atoms with Crippen LogP contribution in [0.2, 0.25) is 0 Å². The number of aromatic nitrogens is 1. The van der Waals surface area contributed by atoms with Crippen LogP contribution in [0.5, 0.6) is 0 Å². The lowest BCUT2D eigenvalue weighted by atomic mass is 10.1. The van der Waals surface area contributed by atoms with Crippen LogP contribution in [0, 0.1) is 6.92 Å². The molecular formula is C18H25N3O3. The molecule has 0 aliphatic rings. The lowest BCUT2D eigenvalue weighted by molar-refractivity contribution is 0.0636. The molecule has 0 bridgehead atoms. The molecule has 0 radical (unpaired) electrons. The van der Waals surface area contributed by atoms with Crippen LogP contribution < -0.4 is 10.6 Å². The van der Waals surface area contributed by atoms with Crippen molar-refractivity contribution in [1.29, 1.82) is 0 Å². The second-order valence-corrected chi connectivity index (χ2v) is 6.58. The fourth-order valence-electron chi connectivity index (χ4n) is 2.13. The summed E-state index contributed by atoms with van der Waals surface area (Å²) < 4.78 is 10.8. The predicted octanol–water partition coefficient (Wildman–Crippen LogP) is 4.50. The van der Waals surface area contributed by atoms with E-state index in [1.165, 1.54) is 0 Å². The Morgan fingerprint density at radius 3 is 2.67 bits per heavy atom. The maximum Gasteiger partial charge on any atom is 0.412 e. The van der Waals surface area contributed by atoms with Crippen LogP contribution in [0.25, 0.3) is 0 Å². The van der Waals surface area contributed by atoms with Crippen molar-refractivity contribution in [2.75, 3.05) is 10.6 Å². The number of oxazole rings is 1. The molecule has 0 saturated carbocycles. The molecule has 1 amide bonds. The molecule has 0 aliphatic heterocycles. The topological polar surface area (TPSA) is 76.4 Å². The van der Waals surface area contributed by atoms with Gasteiger partial charge in [-0.15, -0.1) is 0 Å². The summed E-state index contributed by atoms with van der Waals surface area (Å²) in [6.45, 7) is 10.0. The first-order valence-electron chi connectivity index (χ1n) is 8.05. The van der Waals surface area contributed by atoms with Gasteiger partial charge in [0.15, 0.2) is 0 Å². The molecule has 2 N–H and O–H groups in total. The largest absolute Gasteiger partial charge is 0.444 e. The fraction of sp³-hybridized carbons (Fsp3) is 0.444. The standard InChI is InChI=1S/C18H25N3O3/c1-6-14-10-20-16(23-14)11-19-15-8-7-13(9-12(15)2)21-17(22)24-18(3,4)5/h7-10,19H,6,11H2,1-5H3,(H,21,22). The number of rotatable bonds is 5. The number of nitrogens with zero attached hydrogens (tertiary/aromatic N) is 1. The van der Waals surface area contributed by atoms with Gasteiger partial charge in [-0.25, -0.2) is 9.78 Å². The molecule has 2 rings (SSSR count). The normalized spacial score (nSPS) is 11.2. The third-order valence-electron chi connectivity index (χ3n) is 3.25. The monoisotopic (exact) mass is 331 g/mol. The van der Waals surface area contributed by atoms with Crippen molar-refractivity contribution in [2.24, 2.45) is 0 Å². The Morgan fingerprint density at radius 2 is 2.08 bits per heavy atom. The number of anilines is 2. The minimum Gasteiger partial charge on any atom is -0.444 e. The van der Waals surface area contributed by atoms with E-state index in [1.54, 1.807) is 6.20 Å². The molecule has 2 aromatic rings. The Morgan fingerprint density at radius 1 is 1.33 bits per heavy atom. The third kappa shape index (κ3) is 5.30. The van der Waals surface area contributed by atoms with Crippen LogP contribution >= 0.6 is 0 Å². The molecule has 1 aromatic heterocycles. The van der Waals surface area contributed by atoms with Gasteiger partial charge in [-0.05, 0) is 51.5 Å². The van der Waals surface area contributed by atoms with E-state index in [2.05, 4.69) is 15.6 Å². The molecule has 130 valence electrons. The fourth-order valence-corrected chi connectivity index (χ4v) is 2.13. The van der Waals surface area contributed by atoms with Gasteiger partial charge in [-0.3, -0.25) is 5.32 Å². The van der Waals surface area contributed by atoms with Gasteiger partial charge >= 0.3 is 6.09 Å². The third-order valence-corrected chi connectivity index (χ3v) is 3.25. The number of nitrogens with one attached hydrogen (secondary N) is 2. The highest BCUT2D eigenvalue weighted by molar-refractivity contribution is 5.85. The lowest BCUT2D eigenvalue weighted by Gasteiger charge is -2.20. The Bertz CT molecular complexity index is 702. The first kappa shape index (κ1) is 17.8. The van der Waals surface area contributed by atoms with Gasteiger partial charge < -0.3 is 14.5 Å². The van der Waals surface area contributed by atoms with Crippen LogP contribution in [0.4, 0.5) is 16.2 Å². The highest BCUT2D eigenvalue weighted by Gasteiger charge is 2.16. The van der Waals surface area contributed by atoms with Crippen molar-refractivity contribution in [3.8, 4) is 0 Å². The van der Waals surface area contributed by atoms with E-state index in [1.807, 2.05) is 52.8 Å². The van der Waals surface area contributed by atoms with Crippen molar-refractivity contribution in [2.45, 2.75) is 53.2 Å². The van der Waals surface area contributed by atoms with Gasteiger partial charge in [0.25, 0.3) is 0 Å². The number of carbonyl (C=O) groups is 1. The van der Waals surface area contributed by atoms with E-state index in [0.717, 1.165) is 23.4 Å². The van der Waals surface area contributed by atoms with Gasteiger partial charge in [0.05, 0.1) is 12.7 Å². The van der Waals surface area contributed by atoms with Crippen molar-refractivity contribution in [3.63, 3.8) is 0 Å². The number of aryl methyl sites for hydroxylation is 2. The van der Waals surface area contributed by atoms with Crippen molar-refractivity contribution in [1.82, 2.24) is 4.98 Å². The summed E-state index contributed by atoms with van der Waals surface area (Å²) in [6.07, 6.45) is 2.11. The summed E-state index contributed by atoms with van der Waals surface area (Å²) >= 11 is 0. The van der Waals surface area contributed by atoms with Crippen LogP contribution in [0.3, 0.4) is 0 Å². The molecule has 1 aromatic carbocycles. The summed E-state index contributed by atoms with van der Waals surface area (Å²) in [5.41, 5.74) is 2.14. The number of amides is 1. The van der Waals surface area contributed by atoms with Crippen molar-refractivity contribution in [3.05, 3.63) is 41.6 Å². The van der Waals surface area contributed by atoms with E-state index in [4.69, 9.17) is 9.15 Å². The zero-order valence-corrected chi connectivity index (χ0v) is 14.9.